The number of rotatable bonds is 3. The van der Waals surface area contributed by atoms with E-state index in [0.29, 0.717) is 19.6 Å². The lowest BCUT2D eigenvalue weighted by atomic mass is 10.1. The first-order valence-corrected chi connectivity index (χ1v) is 6.13. The molecule has 1 aromatic heterocycles. The first kappa shape index (κ1) is 11.3. The standard InChI is InChI=1S/C13H16N4O/c18-13(10-7-16-17-8-10)15-6-9-2-1-3-12-11(9)4-5-14-12/h1-5,10,14,16-17H,6-8H2,(H,15,18). The first-order chi connectivity index (χ1) is 8.84. The van der Waals surface area contributed by atoms with Crippen LogP contribution in [-0.2, 0) is 11.3 Å². The predicted octanol–water partition coefficient (Wildman–Crippen LogP) is 0.508. The van der Waals surface area contributed by atoms with Gasteiger partial charge < -0.3 is 10.3 Å². The summed E-state index contributed by atoms with van der Waals surface area (Å²) >= 11 is 0. The summed E-state index contributed by atoms with van der Waals surface area (Å²) in [4.78, 5) is 15.1. The second kappa shape index (κ2) is 4.80. The Hall–Kier alpha value is -1.85. The number of amides is 1. The summed E-state index contributed by atoms with van der Waals surface area (Å²) in [5.74, 6) is 0.121. The lowest BCUT2D eigenvalue weighted by molar-refractivity contribution is -0.124. The van der Waals surface area contributed by atoms with E-state index in [4.69, 9.17) is 0 Å². The molecule has 0 spiro atoms. The Labute approximate surface area is 105 Å². The maximum Gasteiger partial charge on any atom is 0.226 e. The zero-order valence-electron chi connectivity index (χ0n) is 9.99. The van der Waals surface area contributed by atoms with Gasteiger partial charge in [-0.1, -0.05) is 12.1 Å². The van der Waals surface area contributed by atoms with Crippen LogP contribution in [0.5, 0.6) is 0 Å². The van der Waals surface area contributed by atoms with Gasteiger partial charge in [-0.05, 0) is 17.7 Å². The minimum atomic E-state index is 0.0235. The Balaban J connectivity index is 1.69. The Kier molecular flexibility index (Phi) is 3.00. The van der Waals surface area contributed by atoms with Crippen LogP contribution in [0, 0.1) is 5.92 Å². The van der Waals surface area contributed by atoms with E-state index in [9.17, 15) is 4.79 Å². The average molecular weight is 244 g/mol. The van der Waals surface area contributed by atoms with E-state index < -0.39 is 0 Å². The number of nitrogens with one attached hydrogen (secondary N) is 4. The number of aromatic nitrogens is 1. The number of H-pyrrole nitrogens is 1. The van der Waals surface area contributed by atoms with Crippen molar-refractivity contribution in [3.63, 3.8) is 0 Å². The fourth-order valence-electron chi connectivity index (χ4n) is 2.28. The third-order valence-corrected chi connectivity index (χ3v) is 3.33. The monoisotopic (exact) mass is 244 g/mol. The number of hydrazine groups is 1. The molecule has 1 aromatic carbocycles. The molecular formula is C13H16N4O. The van der Waals surface area contributed by atoms with E-state index in [1.165, 1.54) is 5.39 Å². The molecule has 0 aliphatic carbocycles. The van der Waals surface area contributed by atoms with Gasteiger partial charge in [0.05, 0.1) is 5.92 Å². The number of fused-ring (bicyclic) bond motifs is 1. The molecule has 1 aliphatic heterocycles. The molecule has 3 rings (SSSR count). The number of hydrogen-bond acceptors (Lipinski definition) is 3. The molecule has 0 saturated carbocycles. The third-order valence-electron chi connectivity index (χ3n) is 3.33. The van der Waals surface area contributed by atoms with Crippen LogP contribution in [0.15, 0.2) is 30.5 Å². The molecule has 1 amide bonds. The van der Waals surface area contributed by atoms with E-state index in [-0.39, 0.29) is 11.8 Å². The van der Waals surface area contributed by atoms with Crippen molar-refractivity contribution in [1.82, 2.24) is 21.2 Å². The van der Waals surface area contributed by atoms with E-state index in [2.05, 4.69) is 21.2 Å². The Morgan fingerprint density at radius 2 is 2.11 bits per heavy atom. The van der Waals surface area contributed by atoms with E-state index >= 15 is 0 Å². The fourth-order valence-corrected chi connectivity index (χ4v) is 2.28. The molecule has 2 heterocycles. The van der Waals surface area contributed by atoms with Gasteiger partial charge in [0.1, 0.15) is 0 Å². The number of aromatic amines is 1. The summed E-state index contributed by atoms with van der Waals surface area (Å²) in [7, 11) is 0. The molecule has 0 unspecified atom stereocenters. The summed E-state index contributed by atoms with van der Waals surface area (Å²) in [6, 6.07) is 8.11. The van der Waals surface area contributed by atoms with Crippen LogP contribution in [0.2, 0.25) is 0 Å². The molecule has 0 atom stereocenters. The third kappa shape index (κ3) is 2.10. The van der Waals surface area contributed by atoms with Gasteiger partial charge in [0.25, 0.3) is 0 Å². The van der Waals surface area contributed by atoms with Gasteiger partial charge in [-0.15, -0.1) is 0 Å². The molecule has 1 saturated heterocycles. The smallest absolute Gasteiger partial charge is 0.226 e. The largest absolute Gasteiger partial charge is 0.361 e. The quantitative estimate of drug-likeness (QED) is 0.636. The highest BCUT2D eigenvalue weighted by Gasteiger charge is 2.21. The SMILES string of the molecule is O=C(NCc1cccc2[nH]ccc12)C1CNNC1. The lowest BCUT2D eigenvalue weighted by Gasteiger charge is -2.10. The van der Waals surface area contributed by atoms with Crippen LogP contribution in [0.25, 0.3) is 10.9 Å². The molecule has 5 nitrogen and oxygen atoms in total. The maximum atomic E-state index is 11.9. The normalized spacial score (nSPS) is 16.2. The van der Waals surface area contributed by atoms with Crippen LogP contribution in [-0.4, -0.2) is 24.0 Å². The van der Waals surface area contributed by atoms with Crippen molar-refractivity contribution < 1.29 is 4.79 Å². The van der Waals surface area contributed by atoms with Gasteiger partial charge in [-0.25, -0.2) is 0 Å². The fraction of sp³-hybridized carbons (Fsp3) is 0.308. The zero-order valence-corrected chi connectivity index (χ0v) is 9.99. The molecule has 0 radical (unpaired) electrons. The molecule has 0 bridgehead atoms. The van der Waals surface area contributed by atoms with Crippen molar-refractivity contribution in [2.45, 2.75) is 6.54 Å². The van der Waals surface area contributed by atoms with Crippen molar-refractivity contribution in [3.8, 4) is 0 Å². The molecule has 1 aliphatic rings. The summed E-state index contributed by atoms with van der Waals surface area (Å²) in [6.45, 7) is 1.96. The minimum absolute atomic E-state index is 0.0235. The number of benzene rings is 1. The van der Waals surface area contributed by atoms with Crippen molar-refractivity contribution in [1.29, 1.82) is 0 Å². The van der Waals surface area contributed by atoms with E-state index in [0.717, 1.165) is 11.1 Å². The van der Waals surface area contributed by atoms with Gasteiger partial charge in [0.2, 0.25) is 5.91 Å². The maximum absolute atomic E-state index is 11.9. The Bertz CT molecular complexity index is 557. The van der Waals surface area contributed by atoms with Crippen LogP contribution in [0.1, 0.15) is 5.56 Å². The molecule has 94 valence electrons. The van der Waals surface area contributed by atoms with Gasteiger partial charge >= 0.3 is 0 Å². The summed E-state index contributed by atoms with van der Waals surface area (Å²) in [5, 5.41) is 4.16. The zero-order chi connectivity index (χ0) is 12.4. The Morgan fingerprint density at radius 3 is 2.94 bits per heavy atom. The molecule has 1 fully saturated rings. The van der Waals surface area contributed by atoms with Gasteiger partial charge in [0.15, 0.2) is 0 Å². The van der Waals surface area contributed by atoms with Gasteiger partial charge in [0, 0.05) is 36.7 Å². The molecule has 5 heteroatoms. The van der Waals surface area contributed by atoms with Gasteiger partial charge in [-0.2, -0.15) is 0 Å². The van der Waals surface area contributed by atoms with Crippen LogP contribution in [0.4, 0.5) is 0 Å². The molecule has 18 heavy (non-hydrogen) atoms. The highest BCUT2D eigenvalue weighted by atomic mass is 16.2. The van der Waals surface area contributed by atoms with Crippen molar-refractivity contribution in [3.05, 3.63) is 36.0 Å². The second-order valence-corrected chi connectivity index (χ2v) is 4.53. The summed E-state index contributed by atoms with van der Waals surface area (Å²) in [6.07, 6.45) is 1.92. The number of carbonyl (C=O) groups is 1. The van der Waals surface area contributed by atoms with E-state index in [1.54, 1.807) is 0 Å². The van der Waals surface area contributed by atoms with Crippen molar-refractivity contribution >= 4 is 16.8 Å². The number of hydrogen-bond donors (Lipinski definition) is 4. The molecule has 4 N–H and O–H groups in total. The highest BCUT2D eigenvalue weighted by Crippen LogP contribution is 2.17. The predicted molar refractivity (Wildman–Crippen MR) is 69.6 cm³/mol. The van der Waals surface area contributed by atoms with Crippen LogP contribution in [0.3, 0.4) is 0 Å². The van der Waals surface area contributed by atoms with E-state index in [1.807, 2.05) is 30.5 Å². The summed E-state index contributed by atoms with van der Waals surface area (Å²) in [5.41, 5.74) is 8.16. The summed E-state index contributed by atoms with van der Waals surface area (Å²) < 4.78 is 0. The average Bonchev–Trinajstić information content (AvgIpc) is 3.05. The van der Waals surface area contributed by atoms with Crippen LogP contribution < -0.4 is 16.2 Å². The highest BCUT2D eigenvalue weighted by molar-refractivity contribution is 5.84. The lowest BCUT2D eigenvalue weighted by Crippen LogP contribution is -2.32. The van der Waals surface area contributed by atoms with Crippen LogP contribution >= 0.6 is 0 Å². The Morgan fingerprint density at radius 1 is 1.28 bits per heavy atom. The topological polar surface area (TPSA) is 69.0 Å². The van der Waals surface area contributed by atoms with Gasteiger partial charge in [-0.3, -0.25) is 15.6 Å². The first-order valence-electron chi connectivity index (χ1n) is 6.13. The molecule has 2 aromatic rings. The van der Waals surface area contributed by atoms with Crippen molar-refractivity contribution in [2.24, 2.45) is 5.92 Å². The molecular weight excluding hydrogens is 228 g/mol. The van der Waals surface area contributed by atoms with Crippen molar-refractivity contribution in [2.75, 3.05) is 13.1 Å². The second-order valence-electron chi connectivity index (χ2n) is 4.53. The minimum Gasteiger partial charge on any atom is -0.361 e. The number of carbonyl (C=O) groups excluding carboxylic acids is 1.